The molecule has 0 bridgehead atoms. The number of methoxy groups -OCH3 is 1. The summed E-state index contributed by atoms with van der Waals surface area (Å²) in [4.78, 5) is 12.3. The van der Waals surface area contributed by atoms with E-state index in [1.807, 2.05) is 67.6 Å². The number of nitrogens with one attached hydrogen (secondary N) is 1. The summed E-state index contributed by atoms with van der Waals surface area (Å²) < 4.78 is 6.94. The van der Waals surface area contributed by atoms with E-state index in [1.54, 1.807) is 17.7 Å². The van der Waals surface area contributed by atoms with E-state index in [1.165, 1.54) is 11.6 Å². The molecule has 0 fully saturated rings. The lowest BCUT2D eigenvalue weighted by Gasteiger charge is -2.05. The molecule has 4 rings (SSSR count). The molecule has 150 valence electrons. The van der Waals surface area contributed by atoms with Crippen molar-refractivity contribution in [1.29, 1.82) is 0 Å². The molecule has 0 radical (unpaired) electrons. The second kappa shape index (κ2) is 8.57. The van der Waals surface area contributed by atoms with Crippen LogP contribution in [0.3, 0.4) is 0 Å². The molecule has 0 unspecified atom stereocenters. The second-order valence-corrected chi connectivity index (χ2v) is 6.76. The molecular formula is C23H21N5O2. The van der Waals surface area contributed by atoms with Gasteiger partial charge in [-0.15, -0.1) is 10.2 Å². The molecule has 0 aliphatic rings. The molecule has 7 nitrogen and oxygen atoms in total. The van der Waals surface area contributed by atoms with Gasteiger partial charge in [-0.05, 0) is 31.2 Å². The summed E-state index contributed by atoms with van der Waals surface area (Å²) in [6, 6.07) is 19.4. The highest BCUT2D eigenvalue weighted by atomic mass is 16.5. The lowest BCUT2D eigenvalue weighted by atomic mass is 10.1. The first-order chi connectivity index (χ1) is 14.6. The molecule has 0 spiro atoms. The third-order valence-corrected chi connectivity index (χ3v) is 4.65. The largest absolute Gasteiger partial charge is 0.496 e. The van der Waals surface area contributed by atoms with Crippen LogP contribution in [0.4, 0.5) is 0 Å². The minimum Gasteiger partial charge on any atom is -0.496 e. The van der Waals surface area contributed by atoms with Crippen molar-refractivity contribution in [2.75, 3.05) is 7.11 Å². The Hall–Kier alpha value is -4.00. The summed E-state index contributed by atoms with van der Waals surface area (Å²) >= 11 is 0. The molecule has 2 heterocycles. The number of rotatable bonds is 6. The fourth-order valence-corrected chi connectivity index (χ4v) is 3.02. The number of nitrogens with zero attached hydrogens (tertiary/aromatic N) is 4. The summed E-state index contributed by atoms with van der Waals surface area (Å²) in [5.74, 6) is 1.02. The van der Waals surface area contributed by atoms with Crippen molar-refractivity contribution < 1.29 is 9.53 Å². The highest BCUT2D eigenvalue weighted by Crippen LogP contribution is 2.19. The Kier molecular flexibility index (Phi) is 5.52. The van der Waals surface area contributed by atoms with E-state index < -0.39 is 0 Å². The quantitative estimate of drug-likeness (QED) is 0.502. The van der Waals surface area contributed by atoms with Crippen LogP contribution in [0.5, 0.6) is 5.75 Å². The molecule has 0 aliphatic heterocycles. The predicted molar refractivity (Wildman–Crippen MR) is 115 cm³/mol. The topological polar surface area (TPSA) is 81.4 Å². The van der Waals surface area contributed by atoms with Crippen LogP contribution in [0.15, 0.2) is 66.7 Å². The highest BCUT2D eigenvalue weighted by molar-refractivity contribution is 5.92. The predicted octanol–water partition coefficient (Wildman–Crippen LogP) is 3.44. The molecule has 4 aromatic rings. The third-order valence-electron chi connectivity index (χ3n) is 4.65. The maximum Gasteiger partial charge on any atom is 0.244 e. The van der Waals surface area contributed by atoms with Crippen molar-refractivity contribution in [2.45, 2.75) is 13.5 Å². The van der Waals surface area contributed by atoms with Crippen LogP contribution < -0.4 is 10.1 Å². The zero-order chi connectivity index (χ0) is 20.9. The summed E-state index contributed by atoms with van der Waals surface area (Å²) in [5, 5.41) is 15.7. The standard InChI is InChI=1S/C23H21N5O2/c1-16-7-9-17(10-8-16)19-12-13-21-25-26-22(28(21)27-19)15-24-23(29)14-11-18-5-3-4-6-20(18)30-2/h3-14H,15H2,1-2H3,(H,24,29)/b14-11+. The molecule has 1 amide bonds. The number of ether oxygens (including phenoxy) is 1. The number of carbonyl (C=O) groups is 1. The fraction of sp³-hybridized carbons (Fsp3) is 0.130. The van der Waals surface area contributed by atoms with E-state index in [2.05, 4.69) is 20.6 Å². The van der Waals surface area contributed by atoms with Crippen molar-refractivity contribution in [1.82, 2.24) is 25.1 Å². The Morgan fingerprint density at radius 1 is 1.07 bits per heavy atom. The van der Waals surface area contributed by atoms with Crippen LogP contribution in [-0.2, 0) is 11.3 Å². The van der Waals surface area contributed by atoms with Gasteiger partial charge >= 0.3 is 0 Å². The normalized spacial score (nSPS) is 11.1. The number of aryl methyl sites for hydroxylation is 1. The van der Waals surface area contributed by atoms with Crippen molar-refractivity contribution in [3.63, 3.8) is 0 Å². The Balaban J connectivity index is 1.48. The minimum atomic E-state index is -0.243. The number of aromatic nitrogens is 4. The lowest BCUT2D eigenvalue weighted by Crippen LogP contribution is -2.22. The molecule has 0 saturated heterocycles. The molecule has 30 heavy (non-hydrogen) atoms. The SMILES string of the molecule is COc1ccccc1/C=C/C(=O)NCc1nnc2ccc(-c3ccc(C)cc3)nn12. The maximum absolute atomic E-state index is 12.3. The Morgan fingerprint density at radius 2 is 1.87 bits per heavy atom. The van der Waals surface area contributed by atoms with Gasteiger partial charge in [-0.25, -0.2) is 0 Å². The summed E-state index contributed by atoms with van der Waals surface area (Å²) in [7, 11) is 1.60. The van der Waals surface area contributed by atoms with Gasteiger partial charge in [0.25, 0.3) is 0 Å². The second-order valence-electron chi connectivity index (χ2n) is 6.76. The van der Waals surface area contributed by atoms with Crippen LogP contribution in [0.1, 0.15) is 17.0 Å². The number of hydrogen-bond donors (Lipinski definition) is 1. The summed E-state index contributed by atoms with van der Waals surface area (Å²) in [6.07, 6.45) is 3.18. The Bertz CT molecular complexity index is 1210. The van der Waals surface area contributed by atoms with Crippen LogP contribution in [0.25, 0.3) is 23.0 Å². The van der Waals surface area contributed by atoms with Gasteiger partial charge < -0.3 is 10.1 Å². The lowest BCUT2D eigenvalue weighted by molar-refractivity contribution is -0.116. The van der Waals surface area contributed by atoms with Crippen LogP contribution in [0.2, 0.25) is 0 Å². The number of hydrogen-bond acceptors (Lipinski definition) is 5. The van der Waals surface area contributed by atoms with Crippen LogP contribution >= 0.6 is 0 Å². The zero-order valence-corrected chi connectivity index (χ0v) is 16.7. The monoisotopic (exact) mass is 399 g/mol. The van der Waals surface area contributed by atoms with Crippen LogP contribution in [-0.4, -0.2) is 32.8 Å². The molecular weight excluding hydrogens is 378 g/mol. The molecule has 0 atom stereocenters. The molecule has 0 saturated carbocycles. The first kappa shape index (κ1) is 19.3. The number of amides is 1. The molecule has 0 aliphatic carbocycles. The van der Waals surface area contributed by atoms with Gasteiger partial charge in [0.05, 0.1) is 19.3 Å². The number of para-hydroxylation sites is 1. The van der Waals surface area contributed by atoms with E-state index in [0.29, 0.717) is 17.2 Å². The average molecular weight is 399 g/mol. The van der Waals surface area contributed by atoms with Gasteiger partial charge in [-0.1, -0.05) is 48.0 Å². The smallest absolute Gasteiger partial charge is 0.244 e. The number of benzene rings is 2. The summed E-state index contributed by atoms with van der Waals surface area (Å²) in [5.41, 5.74) is 4.46. The average Bonchev–Trinajstić information content (AvgIpc) is 3.19. The van der Waals surface area contributed by atoms with E-state index in [9.17, 15) is 4.79 Å². The Morgan fingerprint density at radius 3 is 2.67 bits per heavy atom. The molecule has 7 heteroatoms. The zero-order valence-electron chi connectivity index (χ0n) is 16.7. The van der Waals surface area contributed by atoms with Crippen molar-refractivity contribution in [3.05, 3.63) is 83.7 Å². The first-order valence-corrected chi connectivity index (χ1v) is 9.51. The maximum atomic E-state index is 12.3. The fourth-order valence-electron chi connectivity index (χ4n) is 3.02. The van der Waals surface area contributed by atoms with Crippen molar-refractivity contribution in [3.8, 4) is 17.0 Å². The van der Waals surface area contributed by atoms with Crippen LogP contribution in [0, 0.1) is 6.92 Å². The van der Waals surface area contributed by atoms with E-state index in [4.69, 9.17) is 4.74 Å². The van der Waals surface area contributed by atoms with Gasteiger partial charge in [-0.2, -0.15) is 9.61 Å². The van der Waals surface area contributed by atoms with Gasteiger partial charge in [-0.3, -0.25) is 4.79 Å². The Labute approximate surface area is 174 Å². The molecule has 2 aromatic carbocycles. The highest BCUT2D eigenvalue weighted by Gasteiger charge is 2.10. The minimum absolute atomic E-state index is 0.209. The summed E-state index contributed by atoms with van der Waals surface area (Å²) in [6.45, 7) is 2.25. The van der Waals surface area contributed by atoms with Gasteiger partial charge in [0.15, 0.2) is 11.5 Å². The van der Waals surface area contributed by atoms with Gasteiger partial charge in [0, 0.05) is 17.2 Å². The van der Waals surface area contributed by atoms with Crippen molar-refractivity contribution in [2.24, 2.45) is 0 Å². The van der Waals surface area contributed by atoms with E-state index >= 15 is 0 Å². The van der Waals surface area contributed by atoms with Crippen molar-refractivity contribution >= 4 is 17.6 Å². The third kappa shape index (κ3) is 4.20. The van der Waals surface area contributed by atoms with E-state index in [-0.39, 0.29) is 12.5 Å². The number of fused-ring (bicyclic) bond motifs is 1. The van der Waals surface area contributed by atoms with E-state index in [0.717, 1.165) is 16.8 Å². The number of carbonyl (C=O) groups excluding carboxylic acids is 1. The first-order valence-electron chi connectivity index (χ1n) is 9.51. The van der Waals surface area contributed by atoms with Gasteiger partial charge in [0.2, 0.25) is 5.91 Å². The molecule has 1 N–H and O–H groups in total. The molecule has 2 aromatic heterocycles. The van der Waals surface area contributed by atoms with Gasteiger partial charge in [0.1, 0.15) is 5.75 Å².